The fourth-order valence-corrected chi connectivity index (χ4v) is 1.75. The average Bonchev–Trinajstić information content (AvgIpc) is 2.48. The van der Waals surface area contributed by atoms with Crippen molar-refractivity contribution >= 4 is 32.8 Å². The highest BCUT2D eigenvalue weighted by Crippen LogP contribution is 2.23. The Morgan fingerprint density at radius 3 is 3.00 bits per heavy atom. The zero-order chi connectivity index (χ0) is 9.42. The summed E-state index contributed by atoms with van der Waals surface area (Å²) in [4.78, 5) is 15.1. The van der Waals surface area contributed by atoms with Crippen LogP contribution in [0.25, 0.3) is 11.1 Å². The number of halogens is 1. The van der Waals surface area contributed by atoms with Crippen LogP contribution in [-0.4, -0.2) is 10.8 Å². The molecule has 0 saturated heterocycles. The molecule has 0 aliphatic rings. The third-order valence-corrected chi connectivity index (χ3v) is 2.46. The van der Waals surface area contributed by atoms with Gasteiger partial charge in [-0.15, -0.1) is 0 Å². The average molecular weight is 240 g/mol. The van der Waals surface area contributed by atoms with Crippen molar-refractivity contribution in [2.24, 2.45) is 0 Å². The first-order chi connectivity index (χ1) is 6.18. The maximum atomic E-state index is 11.1. The first kappa shape index (κ1) is 8.44. The van der Waals surface area contributed by atoms with Gasteiger partial charge in [0.2, 0.25) is 0 Å². The van der Waals surface area contributed by atoms with Crippen molar-refractivity contribution in [3.63, 3.8) is 0 Å². The maximum Gasteiger partial charge on any atom is 0.181 e. The van der Waals surface area contributed by atoms with Gasteiger partial charge in [0.15, 0.2) is 17.8 Å². The quantitative estimate of drug-likeness (QED) is 0.719. The monoisotopic (exact) mass is 239 g/mol. The summed E-state index contributed by atoms with van der Waals surface area (Å²) in [6.07, 6.45) is 1.36. The van der Waals surface area contributed by atoms with Gasteiger partial charge in [0.25, 0.3) is 0 Å². The number of benzene rings is 1. The Morgan fingerprint density at radius 2 is 2.31 bits per heavy atom. The van der Waals surface area contributed by atoms with Crippen LogP contribution >= 0.6 is 15.9 Å². The molecule has 0 fully saturated rings. The second kappa shape index (κ2) is 2.96. The molecule has 4 heteroatoms. The smallest absolute Gasteiger partial charge is 0.181 e. The third-order valence-electron chi connectivity index (χ3n) is 1.80. The van der Waals surface area contributed by atoms with Crippen molar-refractivity contribution in [3.05, 3.63) is 28.6 Å². The maximum absolute atomic E-state index is 11.1. The van der Waals surface area contributed by atoms with E-state index >= 15 is 0 Å². The summed E-state index contributed by atoms with van der Waals surface area (Å²) < 4.78 is 5.82. The summed E-state index contributed by atoms with van der Waals surface area (Å²) in [6.45, 7) is 1.52. The Morgan fingerprint density at radius 1 is 1.54 bits per heavy atom. The van der Waals surface area contributed by atoms with Gasteiger partial charge in [-0.05, 0) is 35.0 Å². The molecular weight excluding hydrogens is 234 g/mol. The largest absolute Gasteiger partial charge is 0.443 e. The van der Waals surface area contributed by atoms with Crippen LogP contribution in [0.15, 0.2) is 27.4 Å². The van der Waals surface area contributed by atoms with E-state index in [0.29, 0.717) is 16.7 Å². The molecule has 13 heavy (non-hydrogen) atoms. The van der Waals surface area contributed by atoms with Crippen molar-refractivity contribution in [1.82, 2.24) is 4.98 Å². The van der Waals surface area contributed by atoms with Gasteiger partial charge in [-0.3, -0.25) is 4.79 Å². The minimum atomic E-state index is 0.0109. The van der Waals surface area contributed by atoms with Crippen LogP contribution in [0.4, 0.5) is 0 Å². The molecule has 0 saturated carbocycles. The highest BCUT2D eigenvalue weighted by Gasteiger charge is 2.08. The number of fused-ring (bicyclic) bond motifs is 1. The van der Waals surface area contributed by atoms with Crippen molar-refractivity contribution in [1.29, 1.82) is 0 Å². The van der Waals surface area contributed by atoms with Crippen LogP contribution in [0, 0.1) is 0 Å². The minimum absolute atomic E-state index is 0.0109. The lowest BCUT2D eigenvalue weighted by Gasteiger charge is -1.97. The molecule has 0 aliphatic carbocycles. The number of Topliss-reactive ketones (excluding diaryl/α,β-unsaturated/α-hetero) is 1. The molecule has 0 N–H and O–H groups in total. The van der Waals surface area contributed by atoms with Crippen LogP contribution in [-0.2, 0) is 0 Å². The first-order valence-corrected chi connectivity index (χ1v) is 4.51. The number of hydrogen-bond acceptors (Lipinski definition) is 3. The van der Waals surface area contributed by atoms with E-state index in [1.165, 1.54) is 13.3 Å². The lowest BCUT2D eigenvalue weighted by atomic mass is 10.1. The van der Waals surface area contributed by atoms with Gasteiger partial charge in [-0.1, -0.05) is 0 Å². The van der Waals surface area contributed by atoms with E-state index in [1.807, 2.05) is 0 Å². The SMILES string of the molecule is CC(=O)c1cc2ncoc2cc1Br. The van der Waals surface area contributed by atoms with Gasteiger partial charge in [0.1, 0.15) is 5.52 Å². The highest BCUT2D eigenvalue weighted by atomic mass is 79.9. The molecule has 0 bridgehead atoms. The number of rotatable bonds is 1. The van der Waals surface area contributed by atoms with E-state index in [0.717, 1.165) is 4.47 Å². The van der Waals surface area contributed by atoms with Crippen molar-refractivity contribution < 1.29 is 9.21 Å². The predicted octanol–water partition coefficient (Wildman–Crippen LogP) is 2.79. The fourth-order valence-electron chi connectivity index (χ4n) is 1.15. The van der Waals surface area contributed by atoms with Crippen molar-refractivity contribution in [3.8, 4) is 0 Å². The van der Waals surface area contributed by atoms with Crippen LogP contribution in [0.3, 0.4) is 0 Å². The molecule has 2 rings (SSSR count). The Bertz CT molecular complexity index is 475. The van der Waals surface area contributed by atoms with E-state index < -0.39 is 0 Å². The van der Waals surface area contributed by atoms with E-state index in [2.05, 4.69) is 20.9 Å². The van der Waals surface area contributed by atoms with Gasteiger partial charge in [-0.2, -0.15) is 0 Å². The van der Waals surface area contributed by atoms with Crippen LogP contribution in [0.2, 0.25) is 0 Å². The van der Waals surface area contributed by atoms with Gasteiger partial charge < -0.3 is 4.42 Å². The number of carbonyl (C=O) groups is 1. The Labute approximate surface area is 82.9 Å². The lowest BCUT2D eigenvalue weighted by molar-refractivity contribution is 0.101. The number of ketones is 1. The topological polar surface area (TPSA) is 43.1 Å². The molecule has 1 aromatic carbocycles. The second-order valence-electron chi connectivity index (χ2n) is 2.71. The summed E-state index contributed by atoms with van der Waals surface area (Å²) in [7, 11) is 0. The summed E-state index contributed by atoms with van der Waals surface area (Å²) in [5.41, 5.74) is 2.01. The Hall–Kier alpha value is -1.16. The molecule has 0 spiro atoms. The molecule has 0 aliphatic heterocycles. The van der Waals surface area contributed by atoms with Crippen LogP contribution in [0.5, 0.6) is 0 Å². The lowest BCUT2D eigenvalue weighted by Crippen LogP contribution is -1.92. The zero-order valence-electron chi connectivity index (χ0n) is 6.87. The van der Waals surface area contributed by atoms with Gasteiger partial charge in [-0.25, -0.2) is 4.98 Å². The van der Waals surface area contributed by atoms with Crippen LogP contribution in [0.1, 0.15) is 17.3 Å². The van der Waals surface area contributed by atoms with Crippen molar-refractivity contribution in [2.45, 2.75) is 6.92 Å². The fraction of sp³-hybridized carbons (Fsp3) is 0.111. The first-order valence-electron chi connectivity index (χ1n) is 3.72. The normalized spacial score (nSPS) is 10.6. The Balaban J connectivity index is 2.76. The molecule has 2 aromatic rings. The van der Waals surface area contributed by atoms with Gasteiger partial charge in [0.05, 0.1) is 0 Å². The number of hydrogen-bond donors (Lipinski definition) is 0. The number of nitrogens with zero attached hydrogens (tertiary/aromatic N) is 1. The molecule has 0 radical (unpaired) electrons. The van der Waals surface area contributed by atoms with Crippen molar-refractivity contribution in [2.75, 3.05) is 0 Å². The number of oxazole rings is 1. The zero-order valence-corrected chi connectivity index (χ0v) is 8.46. The highest BCUT2D eigenvalue weighted by molar-refractivity contribution is 9.10. The minimum Gasteiger partial charge on any atom is -0.443 e. The van der Waals surface area contributed by atoms with E-state index in [4.69, 9.17) is 4.42 Å². The van der Waals surface area contributed by atoms with Gasteiger partial charge in [0, 0.05) is 10.0 Å². The predicted molar refractivity (Wildman–Crippen MR) is 51.7 cm³/mol. The summed E-state index contributed by atoms with van der Waals surface area (Å²) in [5, 5.41) is 0. The third kappa shape index (κ3) is 1.37. The summed E-state index contributed by atoms with van der Waals surface area (Å²) in [5.74, 6) is 0.0109. The van der Waals surface area contributed by atoms with E-state index in [-0.39, 0.29) is 5.78 Å². The number of aromatic nitrogens is 1. The number of carbonyl (C=O) groups excluding carboxylic acids is 1. The summed E-state index contributed by atoms with van der Waals surface area (Å²) >= 11 is 3.29. The van der Waals surface area contributed by atoms with E-state index in [1.54, 1.807) is 12.1 Å². The standard InChI is InChI=1S/C9H6BrNO2/c1-5(12)6-2-8-9(3-7(6)10)13-4-11-8/h2-4H,1H3. The molecule has 66 valence electrons. The molecule has 0 atom stereocenters. The second-order valence-corrected chi connectivity index (χ2v) is 3.56. The molecule has 0 unspecified atom stereocenters. The molecular formula is C9H6BrNO2. The van der Waals surface area contributed by atoms with Gasteiger partial charge >= 0.3 is 0 Å². The van der Waals surface area contributed by atoms with E-state index in [9.17, 15) is 4.79 Å². The molecule has 0 amide bonds. The molecule has 1 heterocycles. The Kier molecular flexibility index (Phi) is 1.92. The molecule has 3 nitrogen and oxygen atoms in total. The summed E-state index contributed by atoms with van der Waals surface area (Å²) in [6, 6.07) is 3.46. The molecule has 1 aromatic heterocycles. The van der Waals surface area contributed by atoms with Crippen LogP contribution < -0.4 is 0 Å².